The van der Waals surface area contributed by atoms with Gasteiger partial charge in [-0.15, -0.1) is 0 Å². The maximum Gasteiger partial charge on any atom is 0.0702 e. The van der Waals surface area contributed by atoms with Gasteiger partial charge in [-0.1, -0.05) is 115 Å². The molecule has 0 aliphatic carbocycles. The summed E-state index contributed by atoms with van der Waals surface area (Å²) in [5, 5.41) is 0. The van der Waals surface area contributed by atoms with E-state index in [4.69, 9.17) is 0 Å². The molecule has 0 heterocycles. The minimum absolute atomic E-state index is 1.09. The van der Waals surface area contributed by atoms with Crippen LogP contribution in [0, 0.1) is 6.92 Å². The second-order valence-electron chi connectivity index (χ2n) is 9.55. The van der Waals surface area contributed by atoms with E-state index in [9.17, 15) is 0 Å². The monoisotopic (exact) mass is 502 g/mol. The maximum atomic E-state index is 2.38. The lowest BCUT2D eigenvalue weighted by atomic mass is 10.00. The Labute approximate surface area is 231 Å². The lowest BCUT2D eigenvalue weighted by Crippen LogP contribution is -2.17. The number of nitrogens with zero attached hydrogens (tertiary/aromatic N) is 2. The van der Waals surface area contributed by atoms with Crippen molar-refractivity contribution < 1.29 is 0 Å². The van der Waals surface area contributed by atoms with Gasteiger partial charge in [0.1, 0.15) is 0 Å². The highest BCUT2D eigenvalue weighted by Gasteiger charge is 2.23. The second kappa shape index (κ2) is 11.1. The van der Waals surface area contributed by atoms with Crippen LogP contribution in [0.4, 0.5) is 34.1 Å². The lowest BCUT2D eigenvalue weighted by Gasteiger charge is -2.34. The standard InChI is InChI=1S/C37H30N2/c1-29-16-15-17-30(28-29)34-24-11-12-25-35(34)39(33-22-9-4-10-23-33)37-27-14-13-26-36(37)38(31-18-5-2-6-19-31)32-20-7-3-8-21-32/h2-28H,1H3. The third-order valence-electron chi connectivity index (χ3n) is 6.88. The first-order chi connectivity index (χ1) is 19.3. The maximum absolute atomic E-state index is 2.38. The van der Waals surface area contributed by atoms with Gasteiger partial charge in [0.05, 0.1) is 17.1 Å². The minimum atomic E-state index is 1.09. The van der Waals surface area contributed by atoms with Crippen molar-refractivity contribution in [2.75, 3.05) is 9.80 Å². The van der Waals surface area contributed by atoms with Crippen LogP contribution in [0.15, 0.2) is 164 Å². The fourth-order valence-corrected chi connectivity index (χ4v) is 5.13. The summed E-state index contributed by atoms with van der Waals surface area (Å²) in [6, 6.07) is 57.9. The van der Waals surface area contributed by atoms with Crippen molar-refractivity contribution in [1.82, 2.24) is 0 Å². The van der Waals surface area contributed by atoms with E-state index in [1.807, 2.05) is 0 Å². The molecular weight excluding hydrogens is 472 g/mol. The molecule has 6 aromatic carbocycles. The van der Waals surface area contributed by atoms with Crippen LogP contribution >= 0.6 is 0 Å². The van der Waals surface area contributed by atoms with E-state index in [0.717, 1.165) is 34.1 Å². The van der Waals surface area contributed by atoms with Crippen LogP contribution in [0.25, 0.3) is 11.1 Å². The summed E-state index contributed by atoms with van der Waals surface area (Å²) in [5.41, 5.74) is 10.3. The molecule has 2 heteroatoms. The Morgan fingerprint density at radius 2 is 0.795 bits per heavy atom. The molecule has 0 spiro atoms. The van der Waals surface area contributed by atoms with Gasteiger partial charge >= 0.3 is 0 Å². The summed E-state index contributed by atoms with van der Waals surface area (Å²) < 4.78 is 0. The van der Waals surface area contributed by atoms with Crippen LogP contribution in [0.5, 0.6) is 0 Å². The van der Waals surface area contributed by atoms with E-state index in [2.05, 4.69) is 181 Å². The van der Waals surface area contributed by atoms with Crippen LogP contribution in [0.1, 0.15) is 5.56 Å². The molecule has 0 fully saturated rings. The summed E-state index contributed by atoms with van der Waals surface area (Å²) in [4.78, 5) is 4.71. The molecule has 0 N–H and O–H groups in total. The predicted octanol–water partition coefficient (Wildman–Crippen LogP) is 10.6. The van der Waals surface area contributed by atoms with Gasteiger partial charge in [0, 0.05) is 22.6 Å². The third kappa shape index (κ3) is 5.05. The predicted molar refractivity (Wildman–Crippen MR) is 166 cm³/mol. The molecule has 188 valence electrons. The zero-order valence-corrected chi connectivity index (χ0v) is 22.0. The highest BCUT2D eigenvalue weighted by atomic mass is 15.2. The molecule has 0 atom stereocenters. The molecule has 0 aromatic heterocycles. The van der Waals surface area contributed by atoms with E-state index in [1.54, 1.807) is 0 Å². The number of rotatable bonds is 7. The molecule has 0 aliphatic rings. The summed E-state index contributed by atoms with van der Waals surface area (Å²) in [7, 11) is 0. The average Bonchev–Trinajstić information content (AvgIpc) is 3.00. The lowest BCUT2D eigenvalue weighted by molar-refractivity contribution is 1.23. The number of hydrogen-bond acceptors (Lipinski definition) is 2. The molecule has 6 rings (SSSR count). The number of anilines is 6. The first-order valence-electron chi connectivity index (χ1n) is 13.3. The average molecular weight is 503 g/mol. The SMILES string of the molecule is Cc1cccc(-c2ccccc2N(c2ccccc2)c2ccccc2N(c2ccccc2)c2ccccc2)c1. The number of para-hydroxylation sites is 6. The van der Waals surface area contributed by atoms with E-state index in [1.165, 1.54) is 16.7 Å². The van der Waals surface area contributed by atoms with Crippen molar-refractivity contribution in [3.05, 3.63) is 169 Å². The van der Waals surface area contributed by atoms with Crippen LogP contribution in [-0.2, 0) is 0 Å². The topological polar surface area (TPSA) is 6.48 Å². The Balaban J connectivity index is 1.61. The van der Waals surface area contributed by atoms with E-state index < -0.39 is 0 Å². The highest BCUT2D eigenvalue weighted by Crippen LogP contribution is 2.47. The molecule has 0 saturated heterocycles. The molecule has 0 saturated carbocycles. The van der Waals surface area contributed by atoms with Gasteiger partial charge in [-0.25, -0.2) is 0 Å². The number of aryl methyl sites for hydroxylation is 1. The Hall–Kier alpha value is -5.08. The van der Waals surface area contributed by atoms with Gasteiger partial charge in [0.2, 0.25) is 0 Å². The van der Waals surface area contributed by atoms with Crippen molar-refractivity contribution in [1.29, 1.82) is 0 Å². The van der Waals surface area contributed by atoms with E-state index >= 15 is 0 Å². The molecular formula is C37H30N2. The summed E-state index contributed by atoms with van der Waals surface area (Å²) in [6.07, 6.45) is 0. The molecule has 0 amide bonds. The molecule has 0 radical (unpaired) electrons. The largest absolute Gasteiger partial charge is 0.308 e. The van der Waals surface area contributed by atoms with Gasteiger partial charge in [0.15, 0.2) is 0 Å². The Morgan fingerprint density at radius 1 is 0.359 bits per heavy atom. The molecule has 2 nitrogen and oxygen atoms in total. The molecule has 0 unspecified atom stereocenters. The van der Waals surface area contributed by atoms with Crippen LogP contribution in [0.2, 0.25) is 0 Å². The smallest absolute Gasteiger partial charge is 0.0702 e. The summed E-state index contributed by atoms with van der Waals surface area (Å²) in [6.45, 7) is 2.15. The zero-order chi connectivity index (χ0) is 26.4. The van der Waals surface area contributed by atoms with Gasteiger partial charge in [-0.3, -0.25) is 0 Å². The zero-order valence-electron chi connectivity index (χ0n) is 22.0. The van der Waals surface area contributed by atoms with Gasteiger partial charge in [0.25, 0.3) is 0 Å². The Bertz CT molecular complexity index is 1620. The Kier molecular flexibility index (Phi) is 6.92. The second-order valence-corrected chi connectivity index (χ2v) is 9.55. The van der Waals surface area contributed by atoms with Crippen LogP contribution < -0.4 is 9.80 Å². The first-order valence-corrected chi connectivity index (χ1v) is 13.3. The van der Waals surface area contributed by atoms with Crippen molar-refractivity contribution in [2.45, 2.75) is 6.92 Å². The Morgan fingerprint density at radius 3 is 1.33 bits per heavy atom. The van der Waals surface area contributed by atoms with E-state index in [-0.39, 0.29) is 0 Å². The molecule has 39 heavy (non-hydrogen) atoms. The van der Waals surface area contributed by atoms with Crippen molar-refractivity contribution in [3.8, 4) is 11.1 Å². The van der Waals surface area contributed by atoms with Crippen molar-refractivity contribution in [2.24, 2.45) is 0 Å². The van der Waals surface area contributed by atoms with Gasteiger partial charge in [-0.2, -0.15) is 0 Å². The van der Waals surface area contributed by atoms with Crippen molar-refractivity contribution >= 4 is 34.1 Å². The first kappa shape index (κ1) is 24.3. The molecule has 0 bridgehead atoms. The van der Waals surface area contributed by atoms with E-state index in [0.29, 0.717) is 0 Å². The van der Waals surface area contributed by atoms with Gasteiger partial charge in [-0.05, 0) is 67.1 Å². The molecule has 0 aliphatic heterocycles. The van der Waals surface area contributed by atoms with Crippen molar-refractivity contribution in [3.63, 3.8) is 0 Å². The fourth-order valence-electron chi connectivity index (χ4n) is 5.13. The normalized spacial score (nSPS) is 10.7. The number of benzene rings is 6. The minimum Gasteiger partial charge on any atom is -0.308 e. The third-order valence-corrected chi connectivity index (χ3v) is 6.88. The fraction of sp³-hybridized carbons (Fsp3) is 0.0270. The number of hydrogen-bond donors (Lipinski definition) is 0. The van der Waals surface area contributed by atoms with Crippen LogP contribution in [0.3, 0.4) is 0 Å². The van der Waals surface area contributed by atoms with Crippen LogP contribution in [-0.4, -0.2) is 0 Å². The quantitative estimate of drug-likeness (QED) is 0.214. The summed E-state index contributed by atoms with van der Waals surface area (Å²) in [5.74, 6) is 0. The summed E-state index contributed by atoms with van der Waals surface area (Å²) >= 11 is 0. The highest BCUT2D eigenvalue weighted by molar-refractivity contribution is 5.95. The van der Waals surface area contributed by atoms with Gasteiger partial charge < -0.3 is 9.80 Å². The molecule has 6 aromatic rings.